The van der Waals surface area contributed by atoms with Crippen LogP contribution in [-0.4, -0.2) is 15.1 Å². The smallest absolute Gasteiger partial charge is 0.270 e. The molecular formula is C13H10N4O3S. The normalized spacial score (nSPS) is 10.7. The minimum Gasteiger partial charge on any atom is -0.397 e. The van der Waals surface area contributed by atoms with Crippen molar-refractivity contribution in [2.24, 2.45) is 0 Å². The molecule has 21 heavy (non-hydrogen) atoms. The standard InChI is InChI=1S/C13H10N4O3S/c1-7-6-21-11(10(7)14)13-15-12(16-20-13)8-2-4-9(5-3-8)17(18)19/h2-6H,14H2,1H3. The molecule has 0 saturated carbocycles. The van der Waals surface area contributed by atoms with Crippen LogP contribution in [0.5, 0.6) is 0 Å². The molecule has 1 aromatic carbocycles. The Bertz CT molecular complexity index is 807. The largest absolute Gasteiger partial charge is 0.397 e. The molecule has 106 valence electrons. The average molecular weight is 302 g/mol. The van der Waals surface area contributed by atoms with Crippen molar-refractivity contribution in [3.05, 3.63) is 45.3 Å². The topological polar surface area (TPSA) is 108 Å². The van der Waals surface area contributed by atoms with E-state index in [-0.39, 0.29) is 5.69 Å². The van der Waals surface area contributed by atoms with Crippen molar-refractivity contribution in [3.63, 3.8) is 0 Å². The van der Waals surface area contributed by atoms with Gasteiger partial charge in [0.25, 0.3) is 11.6 Å². The summed E-state index contributed by atoms with van der Waals surface area (Å²) in [5.41, 5.74) is 8.19. The Balaban J connectivity index is 1.94. The van der Waals surface area contributed by atoms with Crippen LogP contribution in [0.2, 0.25) is 0 Å². The molecule has 3 aromatic rings. The van der Waals surface area contributed by atoms with Gasteiger partial charge in [0, 0.05) is 17.7 Å². The van der Waals surface area contributed by atoms with Gasteiger partial charge in [0.05, 0.1) is 10.6 Å². The minimum absolute atomic E-state index is 0.0144. The van der Waals surface area contributed by atoms with Crippen molar-refractivity contribution in [1.29, 1.82) is 0 Å². The summed E-state index contributed by atoms with van der Waals surface area (Å²) in [6.45, 7) is 1.91. The lowest BCUT2D eigenvalue weighted by Gasteiger charge is -1.94. The van der Waals surface area contributed by atoms with E-state index in [4.69, 9.17) is 10.3 Å². The van der Waals surface area contributed by atoms with Gasteiger partial charge in [-0.2, -0.15) is 4.98 Å². The Morgan fingerprint density at radius 2 is 2.05 bits per heavy atom. The van der Waals surface area contributed by atoms with Crippen LogP contribution in [0.15, 0.2) is 34.2 Å². The van der Waals surface area contributed by atoms with Crippen molar-refractivity contribution in [2.75, 3.05) is 5.73 Å². The van der Waals surface area contributed by atoms with E-state index >= 15 is 0 Å². The van der Waals surface area contributed by atoms with Gasteiger partial charge in [0.1, 0.15) is 4.88 Å². The summed E-state index contributed by atoms with van der Waals surface area (Å²) in [6, 6.07) is 5.95. The van der Waals surface area contributed by atoms with Gasteiger partial charge >= 0.3 is 0 Å². The first-order chi connectivity index (χ1) is 10.1. The Hall–Kier alpha value is -2.74. The van der Waals surface area contributed by atoms with Crippen LogP contribution in [0.1, 0.15) is 5.56 Å². The van der Waals surface area contributed by atoms with Gasteiger partial charge in [-0.1, -0.05) is 5.16 Å². The maximum atomic E-state index is 10.6. The maximum absolute atomic E-state index is 10.6. The van der Waals surface area contributed by atoms with Crippen LogP contribution >= 0.6 is 11.3 Å². The Morgan fingerprint density at radius 1 is 1.33 bits per heavy atom. The summed E-state index contributed by atoms with van der Waals surface area (Å²) in [7, 11) is 0. The number of hydrogen-bond donors (Lipinski definition) is 1. The van der Waals surface area contributed by atoms with Gasteiger partial charge in [-0.15, -0.1) is 11.3 Å². The molecule has 0 radical (unpaired) electrons. The van der Waals surface area contributed by atoms with E-state index in [9.17, 15) is 10.1 Å². The third-order valence-corrected chi connectivity index (χ3v) is 4.08. The first-order valence-electron chi connectivity index (χ1n) is 5.98. The zero-order valence-corrected chi connectivity index (χ0v) is 11.8. The van der Waals surface area contributed by atoms with Gasteiger partial charge in [-0.3, -0.25) is 10.1 Å². The zero-order valence-electron chi connectivity index (χ0n) is 10.9. The van der Waals surface area contributed by atoms with Gasteiger partial charge < -0.3 is 10.3 Å². The van der Waals surface area contributed by atoms with Gasteiger partial charge in [-0.05, 0) is 30.0 Å². The number of nitrogens with zero attached hydrogens (tertiary/aromatic N) is 3. The molecule has 0 spiro atoms. The van der Waals surface area contributed by atoms with Crippen molar-refractivity contribution in [1.82, 2.24) is 10.1 Å². The molecule has 0 saturated heterocycles. The van der Waals surface area contributed by atoms with Crippen LogP contribution in [-0.2, 0) is 0 Å². The second-order valence-electron chi connectivity index (χ2n) is 4.39. The van der Waals surface area contributed by atoms with Gasteiger partial charge in [-0.25, -0.2) is 0 Å². The quantitative estimate of drug-likeness (QED) is 0.587. The van der Waals surface area contributed by atoms with Crippen LogP contribution in [0.25, 0.3) is 22.2 Å². The number of nitro groups is 1. The molecule has 0 bridgehead atoms. The van der Waals surface area contributed by atoms with E-state index in [2.05, 4.69) is 10.1 Å². The molecule has 2 heterocycles. The molecule has 0 atom stereocenters. The molecule has 0 aliphatic carbocycles. The fourth-order valence-corrected chi connectivity index (χ4v) is 2.68. The number of benzene rings is 1. The maximum Gasteiger partial charge on any atom is 0.270 e. The Morgan fingerprint density at radius 3 is 2.62 bits per heavy atom. The second-order valence-corrected chi connectivity index (χ2v) is 5.27. The number of nitro benzene ring substituents is 1. The number of anilines is 1. The van der Waals surface area contributed by atoms with Crippen molar-refractivity contribution >= 4 is 22.7 Å². The first-order valence-corrected chi connectivity index (χ1v) is 6.86. The molecule has 2 aromatic heterocycles. The van der Waals surface area contributed by atoms with Crippen molar-refractivity contribution in [3.8, 4) is 22.2 Å². The fraction of sp³-hybridized carbons (Fsp3) is 0.0769. The second kappa shape index (κ2) is 4.98. The lowest BCUT2D eigenvalue weighted by atomic mass is 10.2. The van der Waals surface area contributed by atoms with Gasteiger partial charge in [0.2, 0.25) is 5.82 Å². The summed E-state index contributed by atoms with van der Waals surface area (Å²) < 4.78 is 5.21. The number of nitrogen functional groups attached to an aromatic ring is 1. The molecule has 3 rings (SSSR count). The van der Waals surface area contributed by atoms with E-state index < -0.39 is 4.92 Å². The highest BCUT2D eigenvalue weighted by atomic mass is 32.1. The summed E-state index contributed by atoms with van der Waals surface area (Å²) in [6.07, 6.45) is 0. The molecule has 7 nitrogen and oxygen atoms in total. The molecule has 8 heteroatoms. The number of non-ortho nitro benzene ring substituents is 1. The first kappa shape index (κ1) is 13.3. The fourth-order valence-electron chi connectivity index (χ4n) is 1.78. The van der Waals surface area contributed by atoms with E-state index in [1.54, 1.807) is 12.1 Å². The number of aromatic nitrogens is 2. The van der Waals surface area contributed by atoms with E-state index in [0.717, 1.165) is 10.4 Å². The van der Waals surface area contributed by atoms with Crippen molar-refractivity contribution < 1.29 is 9.45 Å². The minimum atomic E-state index is -0.458. The average Bonchev–Trinajstić information content (AvgIpc) is 3.07. The summed E-state index contributed by atoms with van der Waals surface area (Å²) in [4.78, 5) is 15.2. The third-order valence-electron chi connectivity index (χ3n) is 2.98. The molecule has 0 amide bonds. The number of hydrogen-bond acceptors (Lipinski definition) is 7. The zero-order chi connectivity index (χ0) is 15.0. The molecule has 2 N–H and O–H groups in total. The van der Waals surface area contributed by atoms with Crippen LogP contribution in [0.3, 0.4) is 0 Å². The van der Waals surface area contributed by atoms with E-state index in [0.29, 0.717) is 23.0 Å². The Labute approximate surface area is 123 Å². The van der Waals surface area contributed by atoms with Crippen LogP contribution in [0, 0.1) is 17.0 Å². The number of rotatable bonds is 3. The Kier molecular flexibility index (Phi) is 3.15. The van der Waals surface area contributed by atoms with Crippen LogP contribution < -0.4 is 5.73 Å². The molecule has 0 fully saturated rings. The van der Waals surface area contributed by atoms with E-state index in [1.165, 1.54) is 23.5 Å². The summed E-state index contributed by atoms with van der Waals surface area (Å²) in [5.74, 6) is 0.712. The molecule has 0 aliphatic heterocycles. The van der Waals surface area contributed by atoms with Gasteiger partial charge in [0.15, 0.2) is 0 Å². The summed E-state index contributed by atoms with van der Waals surface area (Å²) >= 11 is 1.43. The number of aryl methyl sites for hydroxylation is 1. The monoisotopic (exact) mass is 302 g/mol. The highest BCUT2D eigenvalue weighted by molar-refractivity contribution is 7.14. The van der Waals surface area contributed by atoms with Crippen molar-refractivity contribution in [2.45, 2.75) is 6.92 Å². The lowest BCUT2D eigenvalue weighted by molar-refractivity contribution is -0.384. The summed E-state index contributed by atoms with van der Waals surface area (Å²) in [5, 5.41) is 16.4. The number of nitrogens with two attached hydrogens (primary N) is 1. The third kappa shape index (κ3) is 2.36. The molecule has 0 unspecified atom stereocenters. The predicted octanol–water partition coefficient (Wildman–Crippen LogP) is 3.26. The molecule has 0 aliphatic rings. The van der Waals surface area contributed by atoms with E-state index in [1.807, 2.05) is 12.3 Å². The lowest BCUT2D eigenvalue weighted by Crippen LogP contribution is -1.88. The van der Waals surface area contributed by atoms with Crippen LogP contribution in [0.4, 0.5) is 11.4 Å². The SMILES string of the molecule is Cc1csc(-c2nc(-c3ccc([N+](=O)[O-])cc3)no2)c1N. The highest BCUT2D eigenvalue weighted by Crippen LogP contribution is 2.34. The predicted molar refractivity (Wildman–Crippen MR) is 78.9 cm³/mol. The molecular weight excluding hydrogens is 292 g/mol. The highest BCUT2D eigenvalue weighted by Gasteiger charge is 2.16. The number of thiophene rings is 1.